The van der Waals surface area contributed by atoms with E-state index in [0.717, 1.165) is 22.8 Å². The van der Waals surface area contributed by atoms with E-state index < -0.39 is 0 Å². The summed E-state index contributed by atoms with van der Waals surface area (Å²) in [5, 5.41) is 1.47. The molecule has 0 N–H and O–H groups in total. The summed E-state index contributed by atoms with van der Waals surface area (Å²) in [6.07, 6.45) is 2.76. The molecule has 0 atom stereocenters. The van der Waals surface area contributed by atoms with Crippen LogP contribution in [0.3, 0.4) is 0 Å². The molecule has 0 radical (unpaired) electrons. The van der Waals surface area contributed by atoms with Crippen LogP contribution in [0, 0.1) is 0 Å². The van der Waals surface area contributed by atoms with Gasteiger partial charge in [-0.2, -0.15) is 0 Å². The average Bonchev–Trinajstić information content (AvgIpc) is 2.51. The van der Waals surface area contributed by atoms with Crippen molar-refractivity contribution >= 4 is 28.9 Å². The minimum atomic E-state index is 0.344. The van der Waals surface area contributed by atoms with Crippen LogP contribution in [-0.4, -0.2) is 6.29 Å². The number of fused-ring (bicyclic) bond motifs is 1. The summed E-state index contributed by atoms with van der Waals surface area (Å²) in [5.41, 5.74) is 1.57. The Balaban J connectivity index is 2.70. The predicted molar refractivity (Wildman–Crippen MR) is 51.0 cm³/mol. The summed E-state index contributed by atoms with van der Waals surface area (Å²) in [5.74, 6) is 0. The number of aldehydes is 1. The van der Waals surface area contributed by atoms with Crippen molar-refractivity contribution in [1.82, 2.24) is 0 Å². The van der Waals surface area contributed by atoms with E-state index in [4.69, 9.17) is 16.0 Å². The Hall–Kier alpha value is -1.28. The molecular formula is C10H7ClO2. The molecule has 1 aromatic heterocycles. The van der Waals surface area contributed by atoms with E-state index in [1.54, 1.807) is 12.3 Å². The van der Waals surface area contributed by atoms with E-state index in [2.05, 4.69) is 0 Å². The van der Waals surface area contributed by atoms with Crippen molar-refractivity contribution in [3.05, 3.63) is 35.0 Å². The number of furan rings is 1. The Bertz CT molecular complexity index is 445. The highest BCUT2D eigenvalue weighted by Gasteiger charge is 2.07. The van der Waals surface area contributed by atoms with Crippen LogP contribution in [0.2, 0.25) is 5.02 Å². The van der Waals surface area contributed by atoms with E-state index in [1.807, 2.05) is 12.1 Å². The van der Waals surface area contributed by atoms with Crippen LogP contribution < -0.4 is 0 Å². The first-order valence-corrected chi connectivity index (χ1v) is 4.29. The van der Waals surface area contributed by atoms with E-state index in [0.29, 0.717) is 11.4 Å². The average molecular weight is 195 g/mol. The van der Waals surface area contributed by atoms with Gasteiger partial charge in [0.2, 0.25) is 0 Å². The van der Waals surface area contributed by atoms with E-state index in [-0.39, 0.29) is 0 Å². The van der Waals surface area contributed by atoms with E-state index >= 15 is 0 Å². The fraction of sp³-hybridized carbons (Fsp3) is 0.100. The topological polar surface area (TPSA) is 30.2 Å². The van der Waals surface area contributed by atoms with Crippen LogP contribution in [-0.2, 0) is 11.2 Å². The molecule has 0 spiro atoms. The number of carbonyl (C=O) groups is 1. The molecule has 0 aliphatic carbocycles. The van der Waals surface area contributed by atoms with Crippen molar-refractivity contribution in [2.45, 2.75) is 6.42 Å². The zero-order valence-electron chi connectivity index (χ0n) is 6.79. The Morgan fingerprint density at radius 2 is 2.31 bits per heavy atom. The van der Waals surface area contributed by atoms with Crippen molar-refractivity contribution < 1.29 is 9.21 Å². The highest BCUT2D eigenvalue weighted by Crippen LogP contribution is 2.28. The van der Waals surface area contributed by atoms with Gasteiger partial charge in [-0.25, -0.2) is 0 Å². The maximum atomic E-state index is 10.3. The third kappa shape index (κ3) is 1.33. The zero-order chi connectivity index (χ0) is 9.26. The molecule has 3 heteroatoms. The van der Waals surface area contributed by atoms with Crippen molar-refractivity contribution in [3.63, 3.8) is 0 Å². The van der Waals surface area contributed by atoms with E-state index in [9.17, 15) is 4.79 Å². The summed E-state index contributed by atoms with van der Waals surface area (Å²) in [4.78, 5) is 10.3. The second-order valence-electron chi connectivity index (χ2n) is 2.74. The lowest BCUT2D eigenvalue weighted by Gasteiger charge is -1.93. The van der Waals surface area contributed by atoms with Crippen molar-refractivity contribution in [2.24, 2.45) is 0 Å². The molecule has 1 aromatic carbocycles. The van der Waals surface area contributed by atoms with Crippen LogP contribution in [0.15, 0.2) is 28.9 Å². The highest BCUT2D eigenvalue weighted by atomic mass is 35.5. The zero-order valence-corrected chi connectivity index (χ0v) is 7.54. The molecular weight excluding hydrogens is 188 g/mol. The minimum absolute atomic E-state index is 0.344. The van der Waals surface area contributed by atoms with Crippen molar-refractivity contribution in [2.75, 3.05) is 0 Å². The lowest BCUT2D eigenvalue weighted by atomic mass is 10.1. The summed E-state index contributed by atoms with van der Waals surface area (Å²) in [7, 11) is 0. The summed E-state index contributed by atoms with van der Waals surface area (Å²) in [6, 6.07) is 5.43. The second-order valence-corrected chi connectivity index (χ2v) is 3.15. The Morgan fingerprint density at radius 1 is 1.46 bits per heavy atom. The van der Waals surface area contributed by atoms with Gasteiger partial charge in [-0.3, -0.25) is 0 Å². The fourth-order valence-electron chi connectivity index (χ4n) is 1.35. The number of hydrogen-bond acceptors (Lipinski definition) is 2. The molecule has 2 rings (SSSR count). The smallest absolute Gasteiger partial charge is 0.135 e. The second kappa shape index (κ2) is 3.23. The lowest BCUT2D eigenvalue weighted by Crippen LogP contribution is -1.82. The first-order chi connectivity index (χ1) is 6.33. The molecule has 0 saturated carbocycles. The Kier molecular flexibility index (Phi) is 2.07. The van der Waals surface area contributed by atoms with Gasteiger partial charge < -0.3 is 9.21 Å². The van der Waals surface area contributed by atoms with Gasteiger partial charge in [0.15, 0.2) is 0 Å². The number of carbonyl (C=O) groups excluding carboxylic acids is 1. The van der Waals surface area contributed by atoms with Gasteiger partial charge in [-0.1, -0.05) is 17.7 Å². The van der Waals surface area contributed by atoms with Gasteiger partial charge >= 0.3 is 0 Å². The van der Waals surface area contributed by atoms with Gasteiger partial charge in [0.1, 0.15) is 11.9 Å². The standard InChI is InChI=1S/C10H7ClO2/c11-8-2-1-3-9-10(8)7(4-5-12)6-13-9/h1-3,5-6H,4H2. The molecule has 0 unspecified atom stereocenters. The lowest BCUT2D eigenvalue weighted by molar-refractivity contribution is -0.107. The van der Waals surface area contributed by atoms with Gasteiger partial charge in [0.05, 0.1) is 11.3 Å². The van der Waals surface area contributed by atoms with Gasteiger partial charge in [-0.15, -0.1) is 0 Å². The van der Waals surface area contributed by atoms with Crippen LogP contribution in [0.4, 0.5) is 0 Å². The van der Waals surface area contributed by atoms with Crippen LogP contribution >= 0.6 is 11.6 Å². The molecule has 1 heterocycles. The number of halogens is 1. The largest absolute Gasteiger partial charge is 0.464 e. The van der Waals surface area contributed by atoms with Crippen LogP contribution in [0.1, 0.15) is 5.56 Å². The van der Waals surface area contributed by atoms with Gasteiger partial charge in [0.25, 0.3) is 0 Å². The minimum Gasteiger partial charge on any atom is -0.464 e. The van der Waals surface area contributed by atoms with Gasteiger partial charge in [-0.05, 0) is 12.1 Å². The Morgan fingerprint density at radius 3 is 3.08 bits per heavy atom. The molecule has 66 valence electrons. The first-order valence-electron chi connectivity index (χ1n) is 3.91. The van der Waals surface area contributed by atoms with Gasteiger partial charge in [0, 0.05) is 17.4 Å². The molecule has 0 bridgehead atoms. The molecule has 0 aliphatic rings. The summed E-state index contributed by atoms with van der Waals surface area (Å²) in [6.45, 7) is 0. The SMILES string of the molecule is O=CCc1coc2cccc(Cl)c12. The molecule has 0 saturated heterocycles. The summed E-state index contributed by atoms with van der Waals surface area (Å²) >= 11 is 5.96. The van der Waals surface area contributed by atoms with E-state index in [1.165, 1.54) is 0 Å². The molecule has 0 aliphatic heterocycles. The highest BCUT2D eigenvalue weighted by molar-refractivity contribution is 6.35. The predicted octanol–water partition coefficient (Wildman–Crippen LogP) is 2.83. The van der Waals surface area contributed by atoms with Crippen LogP contribution in [0.25, 0.3) is 11.0 Å². The summed E-state index contributed by atoms with van der Waals surface area (Å²) < 4.78 is 5.24. The quantitative estimate of drug-likeness (QED) is 0.689. The third-order valence-corrected chi connectivity index (χ3v) is 2.24. The maximum Gasteiger partial charge on any atom is 0.135 e. The molecule has 2 nitrogen and oxygen atoms in total. The number of hydrogen-bond donors (Lipinski definition) is 0. The van der Waals surface area contributed by atoms with Crippen LogP contribution in [0.5, 0.6) is 0 Å². The Labute approximate surface area is 80.1 Å². The maximum absolute atomic E-state index is 10.3. The molecule has 0 fully saturated rings. The number of benzene rings is 1. The molecule has 13 heavy (non-hydrogen) atoms. The number of rotatable bonds is 2. The monoisotopic (exact) mass is 194 g/mol. The first kappa shape index (κ1) is 8.32. The van der Waals surface area contributed by atoms with Crippen molar-refractivity contribution in [1.29, 1.82) is 0 Å². The molecule has 0 amide bonds. The third-order valence-electron chi connectivity index (χ3n) is 1.93. The fourth-order valence-corrected chi connectivity index (χ4v) is 1.63. The molecule has 2 aromatic rings. The normalized spacial score (nSPS) is 10.5. The van der Waals surface area contributed by atoms with Crippen molar-refractivity contribution in [3.8, 4) is 0 Å².